The zero-order valence-corrected chi connectivity index (χ0v) is 50.5. The van der Waals surface area contributed by atoms with Crippen molar-refractivity contribution in [2.75, 3.05) is 13.2 Å². The third kappa shape index (κ3) is 43.2. The lowest BCUT2D eigenvalue weighted by molar-refractivity contribution is -0.305. The molecule has 0 aromatic rings. The molecule has 1 amide bonds. The van der Waals surface area contributed by atoms with Crippen LogP contribution in [0.5, 0.6) is 0 Å². The lowest BCUT2D eigenvalue weighted by Gasteiger charge is -2.41. The van der Waals surface area contributed by atoms with Crippen molar-refractivity contribution in [1.82, 2.24) is 5.32 Å². The van der Waals surface area contributed by atoms with E-state index in [0.717, 1.165) is 109 Å². The Hall–Kier alpha value is -3.16. The van der Waals surface area contributed by atoms with Crippen LogP contribution >= 0.6 is 0 Å². The summed E-state index contributed by atoms with van der Waals surface area (Å²) < 4.78 is 17.6. The van der Waals surface area contributed by atoms with Gasteiger partial charge in [0.2, 0.25) is 5.91 Å². The molecule has 79 heavy (non-hydrogen) atoms. The van der Waals surface area contributed by atoms with Gasteiger partial charge in [0.15, 0.2) is 12.4 Å². The monoisotopic (exact) mass is 1110 g/mol. The molecule has 8 atom stereocenters. The minimum Gasteiger partial charge on any atom is -0.454 e. The van der Waals surface area contributed by atoms with E-state index in [9.17, 15) is 35.1 Å². The van der Waals surface area contributed by atoms with Crippen molar-refractivity contribution in [3.63, 3.8) is 0 Å². The number of esters is 1. The number of ether oxygens (including phenoxy) is 3. The summed E-state index contributed by atoms with van der Waals surface area (Å²) in [6, 6.07) is -1.03. The standard InChI is InChI=1S/C68H119NO10/c1-4-7-10-13-16-19-22-25-27-28-29-30-31-32-33-34-35-36-37-40-43-46-49-52-55-61(72)67(76)69-59(60(71)54-51-48-45-42-39-24-21-18-15-12-9-6-3)58-77-68-66(65(75)64(74)62(57-70)78-68)79-63(73)56-53-50-47-44-41-38-26-23-20-17-14-11-8-5-2/h8,11,16-17,19-20,25,27,29-30,32-33,51,54,59-62,64-66,68,70-72,74-75H,4-7,9-10,12-15,18,21-24,26,28,31,34-50,52-53,55-58H2,1-3H3,(H,69,76)/b11-8+,19-16-,20-17+,27-25-,30-29-,33-32-,54-51+. The van der Waals surface area contributed by atoms with E-state index in [1.807, 2.05) is 6.08 Å². The molecule has 456 valence electrons. The molecule has 8 unspecified atom stereocenters. The van der Waals surface area contributed by atoms with Crippen LogP contribution in [0.3, 0.4) is 0 Å². The van der Waals surface area contributed by atoms with Gasteiger partial charge < -0.3 is 45.1 Å². The molecule has 1 heterocycles. The predicted molar refractivity (Wildman–Crippen MR) is 329 cm³/mol. The summed E-state index contributed by atoms with van der Waals surface area (Å²) in [7, 11) is 0. The molecule has 1 fully saturated rings. The Bertz CT molecular complexity index is 1610. The molecule has 11 heteroatoms. The summed E-state index contributed by atoms with van der Waals surface area (Å²) in [5.74, 6) is -1.21. The Morgan fingerprint density at radius 1 is 0.506 bits per heavy atom. The van der Waals surface area contributed by atoms with Crippen molar-refractivity contribution < 1.29 is 49.3 Å². The van der Waals surface area contributed by atoms with Gasteiger partial charge in [-0.3, -0.25) is 9.59 Å². The van der Waals surface area contributed by atoms with E-state index < -0.39 is 67.4 Å². The number of rotatable bonds is 54. The summed E-state index contributed by atoms with van der Waals surface area (Å²) in [4.78, 5) is 26.6. The first-order valence-corrected chi connectivity index (χ1v) is 32.4. The minimum atomic E-state index is -1.62. The van der Waals surface area contributed by atoms with Crippen molar-refractivity contribution in [2.45, 2.75) is 320 Å². The van der Waals surface area contributed by atoms with E-state index in [1.165, 1.54) is 116 Å². The summed E-state index contributed by atoms with van der Waals surface area (Å²) in [6.07, 6.45) is 61.9. The number of hydrogen-bond donors (Lipinski definition) is 6. The van der Waals surface area contributed by atoms with E-state index in [2.05, 4.69) is 99.0 Å². The zero-order chi connectivity index (χ0) is 57.5. The summed E-state index contributed by atoms with van der Waals surface area (Å²) in [6.45, 7) is 5.65. The van der Waals surface area contributed by atoms with E-state index in [4.69, 9.17) is 14.2 Å². The first kappa shape index (κ1) is 73.9. The molecular weight excluding hydrogens is 991 g/mol. The highest BCUT2D eigenvalue weighted by atomic mass is 16.7. The maximum Gasteiger partial charge on any atom is 0.306 e. The number of unbranched alkanes of at least 4 members (excludes halogenated alkanes) is 28. The van der Waals surface area contributed by atoms with E-state index in [1.54, 1.807) is 6.08 Å². The Kier molecular flexibility index (Phi) is 51.8. The molecule has 1 aliphatic heterocycles. The molecule has 1 saturated heterocycles. The molecule has 0 saturated carbocycles. The van der Waals surface area contributed by atoms with Crippen LogP contribution in [0.25, 0.3) is 0 Å². The van der Waals surface area contributed by atoms with Crippen molar-refractivity contribution in [3.05, 3.63) is 85.1 Å². The van der Waals surface area contributed by atoms with Gasteiger partial charge in [0.1, 0.15) is 24.4 Å². The summed E-state index contributed by atoms with van der Waals surface area (Å²) in [5.41, 5.74) is 0. The molecule has 0 radical (unpaired) electrons. The molecule has 1 rings (SSSR count). The highest BCUT2D eigenvalue weighted by Gasteiger charge is 2.47. The van der Waals surface area contributed by atoms with Gasteiger partial charge in [0, 0.05) is 6.42 Å². The topological polar surface area (TPSA) is 175 Å². The fourth-order valence-corrected chi connectivity index (χ4v) is 9.67. The van der Waals surface area contributed by atoms with E-state index in [-0.39, 0.29) is 19.4 Å². The smallest absolute Gasteiger partial charge is 0.306 e. The normalized spacial score (nSPS) is 19.4. The van der Waals surface area contributed by atoms with Crippen molar-refractivity contribution in [3.8, 4) is 0 Å². The zero-order valence-electron chi connectivity index (χ0n) is 50.5. The SMILES string of the molecule is CC/C=C/C/C=C/CCCCCCCCCC(=O)OC1C(OCC(NC(=O)C(O)CCCCCCCCCC/C=C\C/C=C\C/C=C\C/C=C\CCCCC)C(O)/C=C/CCCCCCCCCCCC)OC(CO)C(O)C1O. The van der Waals surface area contributed by atoms with Gasteiger partial charge in [-0.1, -0.05) is 254 Å². The average Bonchev–Trinajstić information content (AvgIpc) is 3.49. The highest BCUT2D eigenvalue weighted by Crippen LogP contribution is 2.26. The minimum absolute atomic E-state index is 0.111. The quantitative estimate of drug-likeness (QED) is 0.0195. The van der Waals surface area contributed by atoms with Gasteiger partial charge in [0.25, 0.3) is 0 Å². The van der Waals surface area contributed by atoms with Crippen LogP contribution in [-0.4, -0.2) is 99.6 Å². The Morgan fingerprint density at radius 3 is 1.39 bits per heavy atom. The lowest BCUT2D eigenvalue weighted by Crippen LogP contribution is -2.61. The number of aliphatic hydroxyl groups excluding tert-OH is 5. The number of nitrogens with one attached hydrogen (secondary N) is 1. The summed E-state index contributed by atoms with van der Waals surface area (Å²) >= 11 is 0. The second kappa shape index (κ2) is 55.4. The van der Waals surface area contributed by atoms with Crippen molar-refractivity contribution >= 4 is 11.9 Å². The fourth-order valence-electron chi connectivity index (χ4n) is 9.67. The molecule has 1 aliphatic rings. The van der Waals surface area contributed by atoms with Crippen molar-refractivity contribution in [1.29, 1.82) is 0 Å². The van der Waals surface area contributed by atoms with Gasteiger partial charge in [-0.25, -0.2) is 0 Å². The van der Waals surface area contributed by atoms with Gasteiger partial charge in [-0.15, -0.1) is 0 Å². The molecule has 0 aliphatic carbocycles. The van der Waals surface area contributed by atoms with Crippen LogP contribution in [0.1, 0.15) is 271 Å². The molecular formula is C68H119NO10. The van der Waals surface area contributed by atoms with Gasteiger partial charge in [0.05, 0.1) is 25.4 Å². The largest absolute Gasteiger partial charge is 0.454 e. The Morgan fingerprint density at radius 2 is 0.911 bits per heavy atom. The third-order valence-electron chi connectivity index (χ3n) is 14.8. The first-order valence-electron chi connectivity index (χ1n) is 32.4. The lowest BCUT2D eigenvalue weighted by atomic mass is 9.99. The molecule has 0 aromatic heterocycles. The number of allylic oxidation sites excluding steroid dienone is 13. The number of aliphatic hydroxyl groups is 5. The Balaban J connectivity index is 2.63. The molecule has 0 spiro atoms. The maximum atomic E-state index is 13.4. The van der Waals surface area contributed by atoms with Gasteiger partial charge >= 0.3 is 5.97 Å². The maximum absolute atomic E-state index is 13.4. The number of amides is 1. The number of hydrogen-bond acceptors (Lipinski definition) is 10. The van der Waals surface area contributed by atoms with E-state index >= 15 is 0 Å². The number of carbonyl (C=O) groups excluding carboxylic acids is 2. The molecule has 0 aromatic carbocycles. The van der Waals surface area contributed by atoms with Crippen LogP contribution in [0.15, 0.2) is 85.1 Å². The van der Waals surface area contributed by atoms with Crippen LogP contribution in [0, 0.1) is 0 Å². The van der Waals surface area contributed by atoms with Crippen LogP contribution in [-0.2, 0) is 23.8 Å². The second-order valence-electron chi connectivity index (χ2n) is 22.1. The van der Waals surface area contributed by atoms with Gasteiger partial charge in [-0.05, 0) is 96.3 Å². The highest BCUT2D eigenvalue weighted by molar-refractivity contribution is 5.80. The van der Waals surface area contributed by atoms with Crippen LogP contribution in [0.4, 0.5) is 0 Å². The fraction of sp³-hybridized carbons (Fsp3) is 0.765. The summed E-state index contributed by atoms with van der Waals surface area (Å²) in [5, 5.41) is 57.0. The third-order valence-corrected chi connectivity index (χ3v) is 14.8. The van der Waals surface area contributed by atoms with Crippen LogP contribution in [0.2, 0.25) is 0 Å². The molecule has 6 N–H and O–H groups in total. The Labute approximate surface area is 483 Å². The molecule has 0 bridgehead atoms. The first-order chi connectivity index (χ1) is 38.7. The van der Waals surface area contributed by atoms with Gasteiger partial charge in [-0.2, -0.15) is 0 Å². The predicted octanol–water partition coefficient (Wildman–Crippen LogP) is 15.7. The number of carbonyl (C=O) groups is 2. The van der Waals surface area contributed by atoms with Crippen LogP contribution < -0.4 is 5.32 Å². The van der Waals surface area contributed by atoms with E-state index in [0.29, 0.717) is 12.8 Å². The molecule has 11 nitrogen and oxygen atoms in total. The average molecular weight is 1110 g/mol. The van der Waals surface area contributed by atoms with Crippen molar-refractivity contribution in [2.24, 2.45) is 0 Å². The second-order valence-corrected chi connectivity index (χ2v) is 22.1.